The van der Waals surface area contributed by atoms with E-state index in [0.717, 1.165) is 40.4 Å². The molecule has 1 aliphatic carbocycles. The van der Waals surface area contributed by atoms with E-state index in [-0.39, 0.29) is 0 Å². The normalized spacial score (nSPS) is 14.3. The lowest BCUT2D eigenvalue weighted by Gasteiger charge is -2.08. The van der Waals surface area contributed by atoms with Crippen LogP contribution in [0.25, 0.3) is 26.9 Å². The maximum Gasteiger partial charge on any atom is 0.202 e. The van der Waals surface area contributed by atoms with Gasteiger partial charge in [0.2, 0.25) is 5.89 Å². The molecule has 0 atom stereocenters. The summed E-state index contributed by atoms with van der Waals surface area (Å²) in [5, 5.41) is 1.04. The van der Waals surface area contributed by atoms with Gasteiger partial charge in [0, 0.05) is 0 Å². The average molecular weight is 344 g/mol. The number of benzene rings is 2. The Labute approximate surface area is 149 Å². The fourth-order valence-electron chi connectivity index (χ4n) is 3.22. The zero-order valence-corrected chi connectivity index (χ0v) is 14.4. The lowest BCUT2D eigenvalue weighted by molar-refractivity contribution is 0.544. The number of rotatable bonds is 3. The van der Waals surface area contributed by atoms with Crippen molar-refractivity contribution in [3.05, 3.63) is 77.2 Å². The number of fused-ring (bicyclic) bond motifs is 2. The van der Waals surface area contributed by atoms with Crippen molar-refractivity contribution in [2.24, 2.45) is 0 Å². The number of nitrogens with zero attached hydrogens (tertiary/aromatic N) is 2. The van der Waals surface area contributed by atoms with Gasteiger partial charge in [-0.3, -0.25) is 0 Å². The minimum absolute atomic E-state index is 0.634. The second-order valence-electron chi connectivity index (χ2n) is 6.20. The molecule has 0 bridgehead atoms. The van der Waals surface area contributed by atoms with Crippen LogP contribution in [0.4, 0.5) is 0 Å². The van der Waals surface area contributed by atoms with Gasteiger partial charge in [-0.2, -0.15) is 0 Å². The SMILES string of the molecule is C1=CCCC(c2ccc3nc(Cc4nc5ccccc5o4)sc3c2)=C1. The van der Waals surface area contributed by atoms with Crippen LogP contribution in [0.2, 0.25) is 0 Å². The third-order valence-corrected chi connectivity index (χ3v) is 5.48. The minimum Gasteiger partial charge on any atom is -0.440 e. The summed E-state index contributed by atoms with van der Waals surface area (Å²) in [6.45, 7) is 0. The van der Waals surface area contributed by atoms with Crippen LogP contribution in [0.3, 0.4) is 0 Å². The van der Waals surface area contributed by atoms with E-state index in [0.29, 0.717) is 6.42 Å². The Hall–Kier alpha value is -2.72. The molecule has 0 unspecified atom stereocenters. The van der Waals surface area contributed by atoms with Crippen LogP contribution < -0.4 is 0 Å². The summed E-state index contributed by atoms with van der Waals surface area (Å²) in [6, 6.07) is 14.4. The minimum atomic E-state index is 0.634. The average Bonchev–Trinajstić information content (AvgIpc) is 3.24. The van der Waals surface area contributed by atoms with Crippen molar-refractivity contribution in [3.63, 3.8) is 0 Å². The first-order valence-corrected chi connectivity index (χ1v) is 9.27. The van der Waals surface area contributed by atoms with Crippen molar-refractivity contribution in [2.75, 3.05) is 0 Å². The molecule has 0 saturated carbocycles. The van der Waals surface area contributed by atoms with Crippen molar-refractivity contribution in [1.82, 2.24) is 9.97 Å². The molecule has 0 amide bonds. The quantitative estimate of drug-likeness (QED) is 0.474. The summed E-state index contributed by atoms with van der Waals surface area (Å²) in [5.41, 5.74) is 5.48. The summed E-state index contributed by atoms with van der Waals surface area (Å²) >= 11 is 1.72. The number of hydrogen-bond donors (Lipinski definition) is 0. The number of hydrogen-bond acceptors (Lipinski definition) is 4. The maximum absolute atomic E-state index is 5.83. The first kappa shape index (κ1) is 14.6. The first-order chi connectivity index (χ1) is 12.3. The summed E-state index contributed by atoms with van der Waals surface area (Å²) < 4.78 is 7.05. The van der Waals surface area contributed by atoms with Crippen LogP contribution in [0.5, 0.6) is 0 Å². The Bertz CT molecular complexity index is 1100. The third kappa shape index (κ3) is 2.79. The first-order valence-electron chi connectivity index (χ1n) is 8.45. The molecule has 2 aromatic carbocycles. The Balaban J connectivity index is 1.47. The summed E-state index contributed by atoms with van der Waals surface area (Å²) in [4.78, 5) is 9.30. The van der Waals surface area contributed by atoms with Crippen molar-refractivity contribution in [1.29, 1.82) is 0 Å². The fourth-order valence-corrected chi connectivity index (χ4v) is 4.21. The van der Waals surface area contributed by atoms with Gasteiger partial charge in [0.05, 0.1) is 16.6 Å². The summed E-state index contributed by atoms with van der Waals surface area (Å²) in [6.07, 6.45) is 9.44. The standard InChI is InChI=1S/C21H16N2OS/c1-2-6-14(7-3-1)15-10-11-17-19(12-15)25-21(23-17)13-20-22-16-8-4-5-9-18(16)24-20/h1-2,4-6,8-12H,3,7,13H2. The number of aromatic nitrogens is 2. The van der Waals surface area contributed by atoms with Gasteiger partial charge in [0.15, 0.2) is 5.58 Å². The lowest BCUT2D eigenvalue weighted by atomic mass is 9.97. The van der Waals surface area contributed by atoms with Gasteiger partial charge in [-0.05, 0) is 48.2 Å². The lowest BCUT2D eigenvalue weighted by Crippen LogP contribution is -1.87. The molecular formula is C21H16N2OS. The van der Waals surface area contributed by atoms with Crippen molar-refractivity contribution < 1.29 is 4.42 Å². The van der Waals surface area contributed by atoms with Gasteiger partial charge >= 0.3 is 0 Å². The van der Waals surface area contributed by atoms with E-state index in [1.807, 2.05) is 24.3 Å². The van der Waals surface area contributed by atoms with E-state index in [1.54, 1.807) is 11.3 Å². The zero-order chi connectivity index (χ0) is 16.6. The van der Waals surface area contributed by atoms with Gasteiger partial charge in [0.25, 0.3) is 0 Å². The summed E-state index contributed by atoms with van der Waals surface area (Å²) in [5.74, 6) is 0.723. The highest BCUT2D eigenvalue weighted by Crippen LogP contribution is 2.30. The van der Waals surface area contributed by atoms with Crippen molar-refractivity contribution in [3.8, 4) is 0 Å². The van der Waals surface area contributed by atoms with Crippen LogP contribution in [0.15, 0.2) is 65.1 Å². The maximum atomic E-state index is 5.83. The molecule has 3 nitrogen and oxygen atoms in total. The molecule has 5 rings (SSSR count). The van der Waals surface area contributed by atoms with Crippen LogP contribution in [0.1, 0.15) is 29.3 Å². The van der Waals surface area contributed by atoms with Crippen molar-refractivity contribution >= 4 is 38.2 Å². The zero-order valence-electron chi connectivity index (χ0n) is 13.6. The fraction of sp³-hybridized carbons (Fsp3) is 0.143. The molecule has 0 saturated heterocycles. The van der Waals surface area contributed by atoms with Gasteiger partial charge < -0.3 is 4.42 Å². The van der Waals surface area contributed by atoms with Crippen LogP contribution >= 0.6 is 11.3 Å². The van der Waals surface area contributed by atoms with E-state index < -0.39 is 0 Å². The molecular weight excluding hydrogens is 328 g/mol. The molecule has 0 aliphatic heterocycles. The van der Waals surface area contributed by atoms with Crippen LogP contribution in [-0.2, 0) is 6.42 Å². The molecule has 0 spiro atoms. The van der Waals surface area contributed by atoms with E-state index in [2.05, 4.69) is 41.4 Å². The summed E-state index contributed by atoms with van der Waals surface area (Å²) in [7, 11) is 0. The monoisotopic (exact) mass is 344 g/mol. The third-order valence-electron chi connectivity index (χ3n) is 4.46. The van der Waals surface area contributed by atoms with Crippen LogP contribution in [-0.4, -0.2) is 9.97 Å². The Morgan fingerprint density at radius 2 is 2.00 bits per heavy atom. The van der Waals surface area contributed by atoms with E-state index >= 15 is 0 Å². The van der Waals surface area contributed by atoms with E-state index in [1.165, 1.54) is 15.8 Å². The van der Waals surface area contributed by atoms with Gasteiger partial charge in [0.1, 0.15) is 10.5 Å². The second kappa shape index (κ2) is 5.97. The highest BCUT2D eigenvalue weighted by Gasteiger charge is 2.11. The highest BCUT2D eigenvalue weighted by atomic mass is 32.1. The predicted molar refractivity (Wildman–Crippen MR) is 103 cm³/mol. The molecule has 4 aromatic rings. The highest BCUT2D eigenvalue weighted by molar-refractivity contribution is 7.18. The van der Waals surface area contributed by atoms with Gasteiger partial charge in [-0.25, -0.2) is 9.97 Å². The molecule has 2 heterocycles. The molecule has 0 fully saturated rings. The number of oxazole rings is 1. The van der Waals surface area contributed by atoms with Gasteiger partial charge in [-0.1, -0.05) is 36.4 Å². The number of thiazole rings is 1. The molecule has 2 aromatic heterocycles. The Morgan fingerprint density at radius 3 is 2.88 bits per heavy atom. The van der Waals surface area contributed by atoms with Crippen LogP contribution in [0, 0.1) is 0 Å². The largest absolute Gasteiger partial charge is 0.440 e. The molecule has 0 radical (unpaired) electrons. The van der Waals surface area contributed by atoms with Crippen molar-refractivity contribution in [2.45, 2.75) is 19.3 Å². The smallest absolute Gasteiger partial charge is 0.202 e. The van der Waals surface area contributed by atoms with Gasteiger partial charge in [-0.15, -0.1) is 11.3 Å². The molecule has 122 valence electrons. The molecule has 0 N–H and O–H groups in total. The second-order valence-corrected chi connectivity index (χ2v) is 7.32. The Kier molecular flexibility index (Phi) is 3.49. The molecule has 4 heteroatoms. The molecule has 1 aliphatic rings. The topological polar surface area (TPSA) is 38.9 Å². The van der Waals surface area contributed by atoms with E-state index in [9.17, 15) is 0 Å². The Morgan fingerprint density at radius 1 is 1.04 bits per heavy atom. The predicted octanol–water partition coefficient (Wildman–Crippen LogP) is 5.76. The molecule has 25 heavy (non-hydrogen) atoms. The number of para-hydroxylation sites is 2. The van der Waals surface area contributed by atoms with E-state index in [4.69, 9.17) is 9.40 Å². The number of allylic oxidation sites excluding steroid dienone is 4.